The van der Waals surface area contributed by atoms with Gasteiger partial charge in [0.2, 0.25) is 0 Å². The van der Waals surface area contributed by atoms with E-state index >= 15 is 0 Å². The Kier molecular flexibility index (Phi) is 7.53. The molecule has 5 nitrogen and oxygen atoms in total. The Morgan fingerprint density at radius 3 is 2.31 bits per heavy atom. The number of halogens is 2. The lowest BCUT2D eigenvalue weighted by Gasteiger charge is -2.29. The van der Waals surface area contributed by atoms with E-state index in [4.69, 9.17) is 15.8 Å². The second-order valence-corrected chi connectivity index (χ2v) is 9.22. The van der Waals surface area contributed by atoms with Gasteiger partial charge in [-0.3, -0.25) is 4.79 Å². The van der Waals surface area contributed by atoms with Crippen molar-refractivity contribution in [3.8, 4) is 5.75 Å². The van der Waals surface area contributed by atoms with E-state index < -0.39 is 15.9 Å². The van der Waals surface area contributed by atoms with Crippen LogP contribution in [0.15, 0.2) is 77.7 Å². The molecule has 168 valence electrons. The highest BCUT2D eigenvalue weighted by molar-refractivity contribution is 7.87. The fraction of sp³-hybridized carbons (Fsp3) is 0.208. The average molecular weight is 476 g/mol. The molecule has 0 fully saturated rings. The number of para-hydroxylation sites is 1. The zero-order chi connectivity index (χ0) is 23.3. The summed E-state index contributed by atoms with van der Waals surface area (Å²) in [4.78, 5) is 14.7. The second kappa shape index (κ2) is 10.1. The van der Waals surface area contributed by atoms with Crippen LogP contribution in [0.3, 0.4) is 0 Å². The number of carbonyl (C=O) groups excluding carboxylic acids is 1. The van der Waals surface area contributed by atoms with Crippen molar-refractivity contribution in [1.29, 1.82) is 0 Å². The SMILES string of the molecule is CCC(C)N(Cc1ccccc1OS(=O)(=O)c1ccc(F)cc1)C(=O)c1ccccc1Cl. The van der Waals surface area contributed by atoms with Crippen LogP contribution in [0.1, 0.15) is 36.2 Å². The average Bonchev–Trinajstić information content (AvgIpc) is 2.78. The van der Waals surface area contributed by atoms with E-state index in [9.17, 15) is 17.6 Å². The first-order valence-corrected chi connectivity index (χ1v) is 11.8. The largest absolute Gasteiger partial charge is 0.379 e. The van der Waals surface area contributed by atoms with Gasteiger partial charge in [0.1, 0.15) is 16.5 Å². The molecule has 0 saturated carbocycles. The molecule has 0 N–H and O–H groups in total. The first kappa shape index (κ1) is 23.8. The topological polar surface area (TPSA) is 63.7 Å². The summed E-state index contributed by atoms with van der Waals surface area (Å²) in [5.41, 5.74) is 0.880. The molecule has 0 radical (unpaired) electrons. The van der Waals surface area contributed by atoms with Crippen LogP contribution in [0.4, 0.5) is 4.39 Å². The first-order chi connectivity index (χ1) is 15.2. The van der Waals surface area contributed by atoms with Crippen LogP contribution >= 0.6 is 11.6 Å². The van der Waals surface area contributed by atoms with Crippen LogP contribution < -0.4 is 4.18 Å². The molecule has 3 aromatic rings. The number of hydrogen-bond acceptors (Lipinski definition) is 4. The minimum absolute atomic E-state index is 0.0945. The van der Waals surface area contributed by atoms with Crippen molar-refractivity contribution in [1.82, 2.24) is 4.90 Å². The van der Waals surface area contributed by atoms with E-state index in [1.807, 2.05) is 13.8 Å². The molecule has 0 aliphatic heterocycles. The molecule has 32 heavy (non-hydrogen) atoms. The summed E-state index contributed by atoms with van der Waals surface area (Å²) in [7, 11) is -4.18. The molecular weight excluding hydrogens is 453 g/mol. The number of benzene rings is 3. The van der Waals surface area contributed by atoms with Gasteiger partial charge in [-0.25, -0.2) is 4.39 Å². The van der Waals surface area contributed by atoms with Gasteiger partial charge in [0.25, 0.3) is 5.91 Å². The number of nitrogens with zero attached hydrogens (tertiary/aromatic N) is 1. The minimum Gasteiger partial charge on any atom is -0.379 e. The predicted molar refractivity (Wildman–Crippen MR) is 122 cm³/mol. The van der Waals surface area contributed by atoms with Gasteiger partial charge >= 0.3 is 10.1 Å². The van der Waals surface area contributed by atoms with Crippen LogP contribution in [0.25, 0.3) is 0 Å². The van der Waals surface area contributed by atoms with Crippen LogP contribution in [0, 0.1) is 5.82 Å². The maximum atomic E-state index is 13.3. The number of hydrogen-bond donors (Lipinski definition) is 0. The van der Waals surface area contributed by atoms with Gasteiger partial charge < -0.3 is 9.08 Å². The lowest BCUT2D eigenvalue weighted by Crippen LogP contribution is -2.38. The van der Waals surface area contributed by atoms with E-state index in [2.05, 4.69) is 0 Å². The molecule has 3 rings (SSSR count). The normalized spacial score (nSPS) is 12.2. The summed E-state index contributed by atoms with van der Waals surface area (Å²) in [6.45, 7) is 3.99. The van der Waals surface area contributed by atoms with E-state index in [0.29, 0.717) is 22.6 Å². The molecule has 0 aromatic heterocycles. The monoisotopic (exact) mass is 475 g/mol. The molecule has 1 amide bonds. The van der Waals surface area contributed by atoms with Crippen molar-refractivity contribution in [3.05, 3.63) is 94.8 Å². The quantitative estimate of drug-likeness (QED) is 0.393. The number of carbonyl (C=O) groups is 1. The summed E-state index contributed by atoms with van der Waals surface area (Å²) in [5.74, 6) is -0.718. The van der Waals surface area contributed by atoms with Crippen molar-refractivity contribution in [2.24, 2.45) is 0 Å². The van der Waals surface area contributed by atoms with Gasteiger partial charge in [0.15, 0.2) is 0 Å². The zero-order valence-corrected chi connectivity index (χ0v) is 19.2. The van der Waals surface area contributed by atoms with Crippen molar-refractivity contribution in [3.63, 3.8) is 0 Å². The fourth-order valence-electron chi connectivity index (χ4n) is 3.10. The Morgan fingerprint density at radius 2 is 1.66 bits per heavy atom. The maximum absolute atomic E-state index is 13.3. The number of amides is 1. The summed E-state index contributed by atoms with van der Waals surface area (Å²) < 4.78 is 43.9. The molecule has 1 unspecified atom stereocenters. The van der Waals surface area contributed by atoms with Gasteiger partial charge in [0.05, 0.1) is 10.6 Å². The smallest absolute Gasteiger partial charge is 0.339 e. The van der Waals surface area contributed by atoms with Gasteiger partial charge in [-0.1, -0.05) is 48.9 Å². The third-order valence-corrected chi connectivity index (χ3v) is 6.68. The Balaban J connectivity index is 1.93. The van der Waals surface area contributed by atoms with Gasteiger partial charge in [-0.2, -0.15) is 8.42 Å². The zero-order valence-electron chi connectivity index (χ0n) is 17.7. The molecule has 0 aliphatic rings. The van der Waals surface area contributed by atoms with Crippen LogP contribution in [0.5, 0.6) is 5.75 Å². The van der Waals surface area contributed by atoms with Gasteiger partial charge in [0, 0.05) is 18.2 Å². The van der Waals surface area contributed by atoms with E-state index in [-0.39, 0.29) is 29.1 Å². The molecule has 0 bridgehead atoms. The predicted octanol–water partition coefficient (Wildman–Crippen LogP) is 5.69. The molecule has 0 spiro atoms. The molecule has 8 heteroatoms. The van der Waals surface area contributed by atoms with Gasteiger partial charge in [-0.15, -0.1) is 0 Å². The summed E-state index contributed by atoms with van der Waals surface area (Å²) in [5, 5.41) is 0.342. The van der Waals surface area contributed by atoms with Crippen molar-refractivity contribution in [2.75, 3.05) is 0 Å². The minimum atomic E-state index is -4.18. The van der Waals surface area contributed by atoms with Crippen molar-refractivity contribution in [2.45, 2.75) is 37.8 Å². The second-order valence-electron chi connectivity index (χ2n) is 7.27. The van der Waals surface area contributed by atoms with E-state index in [1.54, 1.807) is 47.4 Å². The maximum Gasteiger partial charge on any atom is 0.339 e. The fourth-order valence-corrected chi connectivity index (χ4v) is 4.29. The molecule has 3 aromatic carbocycles. The molecular formula is C24H23ClFNO4S. The molecule has 0 saturated heterocycles. The van der Waals surface area contributed by atoms with E-state index in [1.165, 1.54) is 6.07 Å². The van der Waals surface area contributed by atoms with Gasteiger partial charge in [-0.05, 0) is 55.8 Å². The Morgan fingerprint density at radius 1 is 1.03 bits per heavy atom. The molecule has 0 heterocycles. The van der Waals surface area contributed by atoms with E-state index in [0.717, 1.165) is 24.3 Å². The Labute approximate surface area is 192 Å². The Hall–Kier alpha value is -2.90. The lowest BCUT2D eigenvalue weighted by atomic mass is 10.1. The third kappa shape index (κ3) is 5.47. The number of rotatable bonds is 8. The highest BCUT2D eigenvalue weighted by Crippen LogP contribution is 2.27. The van der Waals surface area contributed by atoms with Crippen LogP contribution in [-0.4, -0.2) is 25.3 Å². The summed E-state index contributed by atoms with van der Waals surface area (Å²) in [6, 6.07) is 17.6. The standard InChI is InChI=1S/C24H23ClFNO4S/c1-3-17(2)27(24(28)21-9-5-6-10-22(21)25)16-18-8-4-7-11-23(18)31-32(29,30)20-14-12-19(26)13-15-20/h4-15,17H,3,16H2,1-2H3. The van der Waals surface area contributed by atoms with Crippen LogP contribution in [0.2, 0.25) is 5.02 Å². The first-order valence-electron chi connectivity index (χ1n) is 10.1. The van der Waals surface area contributed by atoms with Crippen molar-refractivity contribution < 1.29 is 21.8 Å². The highest BCUT2D eigenvalue weighted by atomic mass is 35.5. The van der Waals surface area contributed by atoms with Crippen molar-refractivity contribution >= 4 is 27.6 Å². The third-order valence-electron chi connectivity index (χ3n) is 5.10. The summed E-state index contributed by atoms with van der Waals surface area (Å²) >= 11 is 6.23. The summed E-state index contributed by atoms with van der Waals surface area (Å²) in [6.07, 6.45) is 0.688. The Bertz CT molecular complexity index is 1200. The highest BCUT2D eigenvalue weighted by Gasteiger charge is 2.25. The molecule has 0 aliphatic carbocycles. The van der Waals surface area contributed by atoms with Crippen LogP contribution in [-0.2, 0) is 16.7 Å². The molecule has 1 atom stereocenters. The lowest BCUT2D eigenvalue weighted by molar-refractivity contribution is 0.0671.